The van der Waals surface area contributed by atoms with Crippen molar-refractivity contribution in [3.63, 3.8) is 0 Å². The summed E-state index contributed by atoms with van der Waals surface area (Å²) in [6.45, 7) is 8.03. The van der Waals surface area contributed by atoms with E-state index in [9.17, 15) is 4.39 Å². The van der Waals surface area contributed by atoms with Gasteiger partial charge in [0.1, 0.15) is 5.82 Å². The van der Waals surface area contributed by atoms with Crippen LogP contribution in [0, 0.1) is 18.7 Å². The molecule has 0 aliphatic carbocycles. The SMILES string of the molecule is Cc1ccc(F)c(CNCCCC(C)C)c1. The molecule has 1 N–H and O–H groups in total. The van der Waals surface area contributed by atoms with Crippen molar-refractivity contribution in [3.05, 3.63) is 35.1 Å². The number of hydrogen-bond acceptors (Lipinski definition) is 1. The Kier molecular flexibility index (Phi) is 5.47. The summed E-state index contributed by atoms with van der Waals surface area (Å²) >= 11 is 0. The molecule has 0 amide bonds. The van der Waals surface area contributed by atoms with E-state index in [1.54, 1.807) is 12.1 Å². The van der Waals surface area contributed by atoms with Crippen LogP contribution >= 0.6 is 0 Å². The van der Waals surface area contributed by atoms with Gasteiger partial charge in [-0.2, -0.15) is 0 Å². The van der Waals surface area contributed by atoms with Gasteiger partial charge in [0.05, 0.1) is 0 Å². The first-order chi connectivity index (χ1) is 7.59. The lowest BCUT2D eigenvalue weighted by Gasteiger charge is -2.08. The zero-order chi connectivity index (χ0) is 12.0. The summed E-state index contributed by atoms with van der Waals surface area (Å²) in [5.74, 6) is 0.638. The smallest absolute Gasteiger partial charge is 0.127 e. The van der Waals surface area contributed by atoms with Gasteiger partial charge in [0, 0.05) is 12.1 Å². The molecule has 0 aromatic heterocycles. The van der Waals surface area contributed by atoms with Gasteiger partial charge in [-0.15, -0.1) is 0 Å². The van der Waals surface area contributed by atoms with Crippen molar-refractivity contribution in [2.75, 3.05) is 6.54 Å². The van der Waals surface area contributed by atoms with Gasteiger partial charge in [0.25, 0.3) is 0 Å². The number of hydrogen-bond donors (Lipinski definition) is 1. The molecule has 1 aromatic rings. The highest BCUT2D eigenvalue weighted by Crippen LogP contribution is 2.09. The van der Waals surface area contributed by atoms with Crippen LogP contribution in [0.15, 0.2) is 18.2 Å². The zero-order valence-electron chi connectivity index (χ0n) is 10.5. The van der Waals surface area contributed by atoms with E-state index < -0.39 is 0 Å². The Balaban J connectivity index is 2.29. The van der Waals surface area contributed by atoms with Gasteiger partial charge in [-0.3, -0.25) is 0 Å². The van der Waals surface area contributed by atoms with Crippen LogP contribution in [-0.2, 0) is 6.54 Å². The van der Waals surface area contributed by atoms with E-state index >= 15 is 0 Å². The second kappa shape index (κ2) is 6.64. The highest BCUT2D eigenvalue weighted by Gasteiger charge is 2.01. The monoisotopic (exact) mass is 223 g/mol. The molecule has 0 heterocycles. The first-order valence-electron chi connectivity index (χ1n) is 6.05. The second-order valence-electron chi connectivity index (χ2n) is 4.81. The van der Waals surface area contributed by atoms with Gasteiger partial charge in [0.15, 0.2) is 0 Å². The summed E-state index contributed by atoms with van der Waals surface area (Å²) in [7, 11) is 0. The van der Waals surface area contributed by atoms with Crippen LogP contribution < -0.4 is 5.32 Å². The Morgan fingerprint density at radius 3 is 2.75 bits per heavy atom. The summed E-state index contributed by atoms with van der Waals surface area (Å²) in [5.41, 5.74) is 1.88. The molecule has 0 saturated carbocycles. The Morgan fingerprint density at radius 1 is 1.31 bits per heavy atom. The van der Waals surface area contributed by atoms with Crippen molar-refractivity contribution in [2.24, 2.45) is 5.92 Å². The molecule has 2 heteroatoms. The molecule has 1 rings (SSSR count). The molecule has 0 aliphatic heterocycles. The molecule has 0 atom stereocenters. The number of benzene rings is 1. The molecule has 1 nitrogen and oxygen atoms in total. The predicted molar refractivity (Wildman–Crippen MR) is 66.9 cm³/mol. The van der Waals surface area contributed by atoms with Gasteiger partial charge in [-0.1, -0.05) is 31.5 Å². The lowest BCUT2D eigenvalue weighted by atomic mass is 10.1. The fraction of sp³-hybridized carbons (Fsp3) is 0.571. The van der Waals surface area contributed by atoms with E-state index in [1.807, 2.05) is 13.0 Å². The van der Waals surface area contributed by atoms with E-state index in [-0.39, 0.29) is 5.82 Å². The summed E-state index contributed by atoms with van der Waals surface area (Å²) < 4.78 is 13.4. The molecule has 1 aromatic carbocycles. The quantitative estimate of drug-likeness (QED) is 0.726. The van der Waals surface area contributed by atoms with Gasteiger partial charge in [-0.05, 0) is 38.3 Å². The molecule has 0 bridgehead atoms. The second-order valence-corrected chi connectivity index (χ2v) is 4.81. The van der Waals surface area contributed by atoms with E-state index in [1.165, 1.54) is 6.42 Å². The van der Waals surface area contributed by atoms with E-state index in [4.69, 9.17) is 0 Å². The topological polar surface area (TPSA) is 12.0 Å². The van der Waals surface area contributed by atoms with Crippen molar-refractivity contribution in [1.29, 1.82) is 0 Å². The third-order valence-electron chi connectivity index (χ3n) is 2.65. The van der Waals surface area contributed by atoms with E-state index in [2.05, 4.69) is 19.2 Å². The van der Waals surface area contributed by atoms with Gasteiger partial charge in [-0.25, -0.2) is 4.39 Å². The number of aryl methyl sites for hydroxylation is 1. The maximum absolute atomic E-state index is 13.4. The highest BCUT2D eigenvalue weighted by atomic mass is 19.1. The van der Waals surface area contributed by atoms with Gasteiger partial charge >= 0.3 is 0 Å². The van der Waals surface area contributed by atoms with E-state index in [0.29, 0.717) is 6.54 Å². The molecular weight excluding hydrogens is 201 g/mol. The van der Waals surface area contributed by atoms with Crippen LogP contribution in [0.5, 0.6) is 0 Å². The summed E-state index contributed by atoms with van der Waals surface area (Å²) in [6.07, 6.45) is 2.38. The Morgan fingerprint density at radius 2 is 2.06 bits per heavy atom. The first kappa shape index (κ1) is 13.2. The van der Waals surface area contributed by atoms with Crippen molar-refractivity contribution >= 4 is 0 Å². The molecule has 16 heavy (non-hydrogen) atoms. The lowest BCUT2D eigenvalue weighted by Crippen LogP contribution is -2.16. The number of rotatable bonds is 6. The standard InChI is InChI=1S/C14H22FN/c1-11(2)5-4-8-16-10-13-9-12(3)6-7-14(13)15/h6-7,9,11,16H,4-5,8,10H2,1-3H3. The van der Waals surface area contributed by atoms with Crippen LogP contribution in [0.25, 0.3) is 0 Å². The molecular formula is C14H22FN. The normalized spacial score (nSPS) is 11.1. The predicted octanol–water partition coefficient (Wildman–Crippen LogP) is 3.66. The van der Waals surface area contributed by atoms with Crippen LogP contribution in [0.2, 0.25) is 0 Å². The van der Waals surface area contributed by atoms with Crippen LogP contribution in [0.4, 0.5) is 4.39 Å². The van der Waals surface area contributed by atoms with Crippen molar-refractivity contribution < 1.29 is 4.39 Å². The molecule has 0 radical (unpaired) electrons. The third-order valence-corrected chi connectivity index (χ3v) is 2.65. The fourth-order valence-corrected chi connectivity index (χ4v) is 1.70. The minimum atomic E-state index is -0.109. The molecule has 0 fully saturated rings. The molecule has 0 saturated heterocycles. The van der Waals surface area contributed by atoms with Crippen LogP contribution in [-0.4, -0.2) is 6.54 Å². The Bertz CT molecular complexity index is 321. The van der Waals surface area contributed by atoms with Crippen molar-refractivity contribution in [1.82, 2.24) is 5.32 Å². The zero-order valence-corrected chi connectivity index (χ0v) is 10.5. The molecule has 0 unspecified atom stereocenters. The average molecular weight is 223 g/mol. The van der Waals surface area contributed by atoms with Gasteiger partial charge < -0.3 is 5.32 Å². The van der Waals surface area contributed by atoms with E-state index in [0.717, 1.165) is 30.0 Å². The largest absolute Gasteiger partial charge is 0.313 e. The van der Waals surface area contributed by atoms with Crippen LogP contribution in [0.3, 0.4) is 0 Å². The summed E-state index contributed by atoms with van der Waals surface area (Å²) in [4.78, 5) is 0. The minimum absolute atomic E-state index is 0.109. The lowest BCUT2D eigenvalue weighted by molar-refractivity contribution is 0.521. The molecule has 0 spiro atoms. The molecule has 0 aliphatic rings. The summed E-state index contributed by atoms with van der Waals surface area (Å²) in [5, 5.41) is 3.29. The first-order valence-corrected chi connectivity index (χ1v) is 6.05. The maximum atomic E-state index is 13.4. The maximum Gasteiger partial charge on any atom is 0.127 e. The summed E-state index contributed by atoms with van der Waals surface area (Å²) in [6, 6.07) is 5.25. The van der Waals surface area contributed by atoms with Crippen molar-refractivity contribution in [3.8, 4) is 0 Å². The highest BCUT2D eigenvalue weighted by molar-refractivity contribution is 5.23. The number of halogens is 1. The Labute approximate surface area is 98.1 Å². The van der Waals surface area contributed by atoms with Gasteiger partial charge in [0.2, 0.25) is 0 Å². The Hall–Kier alpha value is -0.890. The fourth-order valence-electron chi connectivity index (χ4n) is 1.70. The average Bonchev–Trinajstić information content (AvgIpc) is 2.22. The molecule has 90 valence electrons. The minimum Gasteiger partial charge on any atom is -0.313 e. The van der Waals surface area contributed by atoms with Crippen molar-refractivity contribution in [2.45, 2.75) is 40.2 Å². The number of nitrogens with one attached hydrogen (secondary N) is 1. The van der Waals surface area contributed by atoms with Crippen LogP contribution in [0.1, 0.15) is 37.8 Å². The third kappa shape index (κ3) is 4.75.